The molecule has 21 heavy (non-hydrogen) atoms. The third kappa shape index (κ3) is 4.54. The quantitative estimate of drug-likeness (QED) is 0.586. The molecule has 1 heterocycles. The van der Waals surface area contributed by atoms with E-state index < -0.39 is 0 Å². The fourth-order valence-electron chi connectivity index (χ4n) is 1.90. The maximum Gasteiger partial charge on any atom is 0.292 e. The first kappa shape index (κ1) is 15.5. The van der Waals surface area contributed by atoms with E-state index in [0.29, 0.717) is 25.4 Å². The van der Waals surface area contributed by atoms with E-state index in [4.69, 9.17) is 4.74 Å². The Hall–Kier alpha value is -1.92. The first-order chi connectivity index (χ1) is 10.2. The minimum Gasteiger partial charge on any atom is -0.379 e. The number of nitrogens with one attached hydrogen (secondary N) is 1. The second kappa shape index (κ2) is 7.75. The van der Waals surface area contributed by atoms with Crippen molar-refractivity contribution in [3.05, 3.63) is 56.3 Å². The van der Waals surface area contributed by atoms with Gasteiger partial charge in [0.2, 0.25) is 0 Å². The van der Waals surface area contributed by atoms with Crippen molar-refractivity contribution in [2.75, 3.05) is 11.9 Å². The molecule has 0 aliphatic heterocycles. The molecular formula is C15H18N2O3S. The Balaban J connectivity index is 2.00. The summed E-state index contributed by atoms with van der Waals surface area (Å²) >= 11 is 1.65. The fraction of sp³-hybridized carbons (Fsp3) is 0.333. The van der Waals surface area contributed by atoms with Gasteiger partial charge in [-0.15, -0.1) is 11.3 Å². The van der Waals surface area contributed by atoms with Gasteiger partial charge in [0.05, 0.1) is 18.1 Å². The predicted octanol–water partition coefficient (Wildman–Crippen LogP) is 4.20. The summed E-state index contributed by atoms with van der Waals surface area (Å²) in [6.07, 6.45) is 0.913. The second-order valence-corrected chi connectivity index (χ2v) is 5.64. The molecule has 0 unspecified atom stereocenters. The summed E-state index contributed by atoms with van der Waals surface area (Å²) in [6.45, 7) is 3.73. The maximum absolute atomic E-state index is 11.0. The predicted molar refractivity (Wildman–Crippen MR) is 84.7 cm³/mol. The smallest absolute Gasteiger partial charge is 0.292 e. The Morgan fingerprint density at radius 2 is 2.19 bits per heavy atom. The summed E-state index contributed by atoms with van der Waals surface area (Å²) in [6, 6.07) is 9.07. The average Bonchev–Trinajstić information content (AvgIpc) is 2.98. The molecule has 0 spiro atoms. The lowest BCUT2D eigenvalue weighted by atomic mass is 10.2. The number of ether oxygens (including phenoxy) is 1. The molecular weight excluding hydrogens is 288 g/mol. The zero-order valence-corrected chi connectivity index (χ0v) is 12.7. The van der Waals surface area contributed by atoms with Gasteiger partial charge >= 0.3 is 0 Å². The minimum atomic E-state index is -0.367. The summed E-state index contributed by atoms with van der Waals surface area (Å²) in [5, 5.41) is 16.1. The molecule has 0 amide bonds. The highest BCUT2D eigenvalue weighted by Gasteiger charge is 2.13. The number of rotatable bonds is 8. The van der Waals surface area contributed by atoms with Crippen molar-refractivity contribution in [1.82, 2.24) is 0 Å². The molecule has 0 radical (unpaired) electrons. The Kier molecular flexibility index (Phi) is 5.71. The summed E-state index contributed by atoms with van der Waals surface area (Å²) in [5.41, 5.74) is 1.58. The van der Waals surface area contributed by atoms with Crippen LogP contribution < -0.4 is 5.32 Å². The molecule has 1 aromatic carbocycles. The number of anilines is 1. The molecule has 6 heteroatoms. The molecule has 0 saturated heterocycles. The standard InChI is InChI=1S/C15H18N2O3S/c1-2-7-16-14-9-12(5-6-15(14)17(18)19)10-20-11-13-4-3-8-21-13/h3-6,8-9,16H,2,7,10-11H2,1H3. The molecule has 0 aliphatic rings. The van der Waals surface area contributed by atoms with Gasteiger partial charge in [-0.25, -0.2) is 0 Å². The van der Waals surface area contributed by atoms with Gasteiger partial charge in [-0.1, -0.05) is 13.0 Å². The molecule has 0 fully saturated rings. The first-order valence-electron chi connectivity index (χ1n) is 6.82. The molecule has 1 N–H and O–H groups in total. The van der Waals surface area contributed by atoms with Crippen LogP contribution in [0.25, 0.3) is 0 Å². The monoisotopic (exact) mass is 306 g/mol. The Labute approximate surface area is 127 Å². The lowest BCUT2D eigenvalue weighted by Gasteiger charge is -2.09. The van der Waals surface area contributed by atoms with Crippen LogP contribution in [0.1, 0.15) is 23.8 Å². The van der Waals surface area contributed by atoms with Gasteiger partial charge in [0.1, 0.15) is 5.69 Å². The molecule has 0 atom stereocenters. The SMILES string of the molecule is CCCNc1cc(COCc2cccs2)ccc1[N+](=O)[O-]. The first-order valence-corrected chi connectivity index (χ1v) is 7.70. The molecule has 5 nitrogen and oxygen atoms in total. The summed E-state index contributed by atoms with van der Waals surface area (Å²) in [4.78, 5) is 11.8. The zero-order valence-electron chi connectivity index (χ0n) is 11.9. The van der Waals surface area contributed by atoms with E-state index in [9.17, 15) is 10.1 Å². The van der Waals surface area contributed by atoms with Gasteiger partial charge in [-0.05, 0) is 35.6 Å². The highest BCUT2D eigenvalue weighted by atomic mass is 32.1. The summed E-state index contributed by atoms with van der Waals surface area (Å²) in [7, 11) is 0. The Bertz CT molecular complexity index is 585. The van der Waals surface area contributed by atoms with Crippen LogP contribution in [-0.2, 0) is 18.0 Å². The summed E-state index contributed by atoms with van der Waals surface area (Å²) < 4.78 is 5.64. The van der Waals surface area contributed by atoms with Gasteiger partial charge in [0, 0.05) is 17.5 Å². The number of nitro benzene ring substituents is 1. The van der Waals surface area contributed by atoms with Crippen LogP contribution in [0.5, 0.6) is 0 Å². The molecule has 2 aromatic rings. The van der Waals surface area contributed by atoms with E-state index in [-0.39, 0.29) is 10.6 Å². The van der Waals surface area contributed by atoms with Gasteiger partial charge in [0.15, 0.2) is 0 Å². The van der Waals surface area contributed by atoms with E-state index in [0.717, 1.165) is 12.0 Å². The van der Waals surface area contributed by atoms with Crippen LogP contribution in [0, 0.1) is 10.1 Å². The third-order valence-corrected chi connectivity index (χ3v) is 3.77. The van der Waals surface area contributed by atoms with E-state index in [1.54, 1.807) is 23.5 Å². The maximum atomic E-state index is 11.0. The topological polar surface area (TPSA) is 64.4 Å². The highest BCUT2D eigenvalue weighted by Crippen LogP contribution is 2.26. The Morgan fingerprint density at radius 3 is 2.86 bits per heavy atom. The van der Waals surface area contributed by atoms with E-state index in [1.807, 2.05) is 24.4 Å². The van der Waals surface area contributed by atoms with Gasteiger partial charge < -0.3 is 10.1 Å². The molecule has 0 bridgehead atoms. The lowest BCUT2D eigenvalue weighted by Crippen LogP contribution is -2.04. The van der Waals surface area contributed by atoms with Gasteiger partial charge in [-0.2, -0.15) is 0 Å². The number of nitro groups is 1. The molecule has 0 saturated carbocycles. The molecule has 0 aliphatic carbocycles. The highest BCUT2D eigenvalue weighted by molar-refractivity contribution is 7.09. The normalized spacial score (nSPS) is 10.5. The Morgan fingerprint density at radius 1 is 1.33 bits per heavy atom. The van der Waals surface area contributed by atoms with Crippen molar-refractivity contribution in [2.45, 2.75) is 26.6 Å². The minimum absolute atomic E-state index is 0.102. The van der Waals surface area contributed by atoms with Crippen LogP contribution in [0.4, 0.5) is 11.4 Å². The van der Waals surface area contributed by atoms with Gasteiger partial charge in [-0.3, -0.25) is 10.1 Å². The van der Waals surface area contributed by atoms with Crippen molar-refractivity contribution in [3.63, 3.8) is 0 Å². The van der Waals surface area contributed by atoms with Crippen LogP contribution in [-0.4, -0.2) is 11.5 Å². The number of benzene rings is 1. The third-order valence-electron chi connectivity index (χ3n) is 2.92. The van der Waals surface area contributed by atoms with E-state index >= 15 is 0 Å². The van der Waals surface area contributed by atoms with Crippen LogP contribution in [0.3, 0.4) is 0 Å². The fourth-order valence-corrected chi connectivity index (χ4v) is 2.54. The lowest BCUT2D eigenvalue weighted by molar-refractivity contribution is -0.384. The van der Waals surface area contributed by atoms with E-state index in [2.05, 4.69) is 5.32 Å². The van der Waals surface area contributed by atoms with Crippen molar-refractivity contribution in [2.24, 2.45) is 0 Å². The van der Waals surface area contributed by atoms with Crippen LogP contribution in [0.2, 0.25) is 0 Å². The van der Waals surface area contributed by atoms with E-state index in [1.165, 1.54) is 10.9 Å². The van der Waals surface area contributed by atoms with Crippen molar-refractivity contribution in [3.8, 4) is 0 Å². The number of nitrogens with zero attached hydrogens (tertiary/aromatic N) is 1. The second-order valence-electron chi connectivity index (χ2n) is 4.61. The molecule has 1 aromatic heterocycles. The van der Waals surface area contributed by atoms with Crippen molar-refractivity contribution >= 4 is 22.7 Å². The average molecular weight is 306 g/mol. The molecule has 112 valence electrons. The number of hydrogen-bond acceptors (Lipinski definition) is 5. The molecule has 2 rings (SSSR count). The number of thiophene rings is 1. The number of hydrogen-bond donors (Lipinski definition) is 1. The van der Waals surface area contributed by atoms with Crippen LogP contribution in [0.15, 0.2) is 35.7 Å². The summed E-state index contributed by atoms with van der Waals surface area (Å²) in [5.74, 6) is 0. The van der Waals surface area contributed by atoms with Gasteiger partial charge in [0.25, 0.3) is 5.69 Å². The zero-order chi connectivity index (χ0) is 15.1. The van der Waals surface area contributed by atoms with Crippen LogP contribution >= 0.6 is 11.3 Å². The van der Waals surface area contributed by atoms with Crippen molar-refractivity contribution < 1.29 is 9.66 Å². The largest absolute Gasteiger partial charge is 0.379 e. The van der Waals surface area contributed by atoms with Crippen molar-refractivity contribution in [1.29, 1.82) is 0 Å².